The Morgan fingerprint density at radius 3 is 2.05 bits per heavy atom. The van der Waals surface area contributed by atoms with Crippen LogP contribution in [0.1, 0.15) is 113 Å². The molecule has 0 heterocycles. The van der Waals surface area contributed by atoms with E-state index >= 15 is 4.39 Å². The second-order valence-electron chi connectivity index (χ2n) is 15.4. The molecule has 2 N–H and O–H groups in total. The van der Waals surface area contributed by atoms with Gasteiger partial charge in [-0.05, 0) is 117 Å². The smallest absolute Gasteiger partial charge is 0.408 e. The van der Waals surface area contributed by atoms with Gasteiger partial charge in [-0.1, -0.05) is 45.0 Å². The molecule has 0 aliphatic heterocycles. The Kier molecular flexibility index (Phi) is 8.98. The first-order valence-corrected chi connectivity index (χ1v) is 17.0. The predicted molar refractivity (Wildman–Crippen MR) is 172 cm³/mol. The minimum absolute atomic E-state index is 0.0281. The van der Waals surface area contributed by atoms with Gasteiger partial charge < -0.3 is 15.2 Å². The molecule has 44 heavy (non-hydrogen) atoms. The van der Waals surface area contributed by atoms with Crippen LogP contribution in [0.5, 0.6) is 0 Å². The third-order valence-corrected chi connectivity index (χ3v) is 10.6. The van der Waals surface area contributed by atoms with Crippen molar-refractivity contribution in [3.05, 3.63) is 70.0 Å². The Balaban J connectivity index is 1.28. The summed E-state index contributed by atoms with van der Waals surface area (Å²) in [5.74, 6) is 0.765. The molecular weight excluding hydrogens is 577 g/mol. The van der Waals surface area contributed by atoms with Gasteiger partial charge >= 0.3 is 12.1 Å². The minimum atomic E-state index is -1.20. The molecule has 8 heteroatoms. The largest absolute Gasteiger partial charge is 0.480 e. The van der Waals surface area contributed by atoms with Crippen LogP contribution in [0, 0.1) is 23.6 Å². The summed E-state index contributed by atoms with van der Waals surface area (Å²) in [5, 5.41) is 11.9. The van der Waals surface area contributed by atoms with E-state index in [0.717, 1.165) is 17.8 Å². The molecule has 238 valence electrons. The van der Waals surface area contributed by atoms with Gasteiger partial charge in [0.25, 0.3) is 0 Å². The van der Waals surface area contributed by atoms with Gasteiger partial charge in [0.1, 0.15) is 17.5 Å². The summed E-state index contributed by atoms with van der Waals surface area (Å²) >= 11 is 1.18. The highest BCUT2D eigenvalue weighted by Gasteiger charge is 2.52. The van der Waals surface area contributed by atoms with Crippen molar-refractivity contribution >= 4 is 29.6 Å². The summed E-state index contributed by atoms with van der Waals surface area (Å²) in [6.45, 7) is 11.7. The molecule has 4 fully saturated rings. The van der Waals surface area contributed by atoms with Gasteiger partial charge in [0, 0.05) is 22.6 Å². The molecule has 1 unspecified atom stereocenters. The molecule has 2 aromatic rings. The number of carbonyl (C=O) groups is 3. The van der Waals surface area contributed by atoms with Crippen LogP contribution in [-0.2, 0) is 26.1 Å². The highest BCUT2D eigenvalue weighted by molar-refractivity contribution is 7.98. The Morgan fingerprint density at radius 2 is 1.52 bits per heavy atom. The van der Waals surface area contributed by atoms with Crippen LogP contribution in [0.15, 0.2) is 36.4 Å². The van der Waals surface area contributed by atoms with E-state index in [2.05, 4.69) is 38.2 Å². The van der Waals surface area contributed by atoms with Gasteiger partial charge in [-0.2, -0.15) is 11.8 Å². The molecule has 4 aliphatic carbocycles. The van der Waals surface area contributed by atoms with Gasteiger partial charge in [0.15, 0.2) is 5.78 Å². The Morgan fingerprint density at radius 1 is 0.955 bits per heavy atom. The van der Waals surface area contributed by atoms with Crippen molar-refractivity contribution in [2.75, 3.05) is 5.75 Å². The van der Waals surface area contributed by atoms with Gasteiger partial charge in [0.2, 0.25) is 0 Å². The monoisotopic (exact) mass is 623 g/mol. The fourth-order valence-electron chi connectivity index (χ4n) is 8.09. The van der Waals surface area contributed by atoms with Crippen LogP contribution >= 0.6 is 11.8 Å². The number of aliphatic carboxylic acids is 1. The standard InChI is InChI=1S/C36H46FNO5S/c1-34(2,3)28-14-24(9-10-27(28)36-16-21-11-22(17-36)13-23(12-21)18-36)31(39)25-7-8-26(29(37)15-25)19-44-20-30(32(40)41)38-33(42)43-35(4,5)6/h7-10,14-15,21-23,30H,11-13,16-20H2,1-6H3,(H,38,42)(H,40,41). The molecule has 1 amide bonds. The number of nitrogens with one attached hydrogen (secondary N) is 1. The second kappa shape index (κ2) is 12.1. The molecule has 6 rings (SSSR count). The number of hydrogen-bond acceptors (Lipinski definition) is 5. The molecule has 0 aromatic heterocycles. The maximum atomic E-state index is 15.2. The van der Waals surface area contributed by atoms with E-state index in [0.29, 0.717) is 11.1 Å². The number of halogens is 1. The van der Waals surface area contributed by atoms with Crippen LogP contribution in [0.3, 0.4) is 0 Å². The number of ketones is 1. The van der Waals surface area contributed by atoms with Crippen LogP contribution in [-0.4, -0.2) is 40.3 Å². The molecule has 0 spiro atoms. The molecule has 4 bridgehead atoms. The molecule has 0 saturated heterocycles. The minimum Gasteiger partial charge on any atom is -0.480 e. The van der Waals surface area contributed by atoms with E-state index < -0.39 is 29.5 Å². The highest BCUT2D eigenvalue weighted by Crippen LogP contribution is 2.61. The first-order chi connectivity index (χ1) is 20.5. The number of carboxylic acid groups (broad SMARTS) is 1. The fraction of sp³-hybridized carbons (Fsp3) is 0.583. The van der Waals surface area contributed by atoms with Gasteiger partial charge in [-0.15, -0.1) is 0 Å². The van der Waals surface area contributed by atoms with Crippen molar-refractivity contribution in [1.29, 1.82) is 0 Å². The molecule has 2 aromatic carbocycles. The number of carbonyl (C=O) groups excluding carboxylic acids is 2. The predicted octanol–water partition coefficient (Wildman–Crippen LogP) is 8.03. The second-order valence-corrected chi connectivity index (χ2v) is 16.4. The zero-order chi connectivity index (χ0) is 32.0. The summed E-state index contributed by atoms with van der Waals surface area (Å²) in [7, 11) is 0. The number of hydrogen-bond donors (Lipinski definition) is 2. The SMILES string of the molecule is CC(C)(C)OC(=O)NC(CSCc1ccc(C(=O)c2ccc(C34CC5CC(CC(C5)C3)C4)c(C(C)(C)C)c2)cc1F)C(=O)O. The van der Waals surface area contributed by atoms with Crippen molar-refractivity contribution in [2.45, 2.75) is 108 Å². The Bertz CT molecular complexity index is 1400. The lowest BCUT2D eigenvalue weighted by Crippen LogP contribution is -2.49. The third kappa shape index (κ3) is 7.16. The van der Waals surface area contributed by atoms with E-state index in [4.69, 9.17) is 4.74 Å². The summed E-state index contributed by atoms with van der Waals surface area (Å²) in [4.78, 5) is 37.3. The zero-order valence-electron chi connectivity index (χ0n) is 26.8. The Labute approximate surface area is 264 Å². The maximum absolute atomic E-state index is 15.2. The highest BCUT2D eigenvalue weighted by atomic mass is 32.2. The van der Waals surface area contributed by atoms with E-state index in [1.807, 2.05) is 6.07 Å². The maximum Gasteiger partial charge on any atom is 0.408 e. The summed E-state index contributed by atoms with van der Waals surface area (Å²) in [5.41, 5.74) is 3.19. The molecule has 4 aliphatic rings. The van der Waals surface area contributed by atoms with Gasteiger partial charge in [-0.25, -0.2) is 14.0 Å². The van der Waals surface area contributed by atoms with E-state index in [-0.39, 0.29) is 33.7 Å². The summed E-state index contributed by atoms with van der Waals surface area (Å²) in [6, 6.07) is 9.51. The van der Waals surface area contributed by atoms with Crippen LogP contribution in [0.4, 0.5) is 9.18 Å². The van der Waals surface area contributed by atoms with E-state index in [1.54, 1.807) is 32.9 Å². The number of rotatable bonds is 9. The number of carboxylic acids is 1. The lowest BCUT2D eigenvalue weighted by atomic mass is 9.47. The molecule has 1 atom stereocenters. The molecular formula is C36H46FNO5S. The number of alkyl carbamates (subject to hydrolysis) is 1. The summed E-state index contributed by atoms with van der Waals surface area (Å²) in [6.07, 6.45) is 7.08. The van der Waals surface area contributed by atoms with Crippen molar-refractivity contribution in [3.63, 3.8) is 0 Å². The lowest BCUT2D eigenvalue weighted by molar-refractivity contribution is -0.138. The normalized spacial score (nSPS) is 25.0. The van der Waals surface area contributed by atoms with Crippen molar-refractivity contribution in [2.24, 2.45) is 17.8 Å². The van der Waals surface area contributed by atoms with Crippen LogP contribution in [0.25, 0.3) is 0 Å². The topological polar surface area (TPSA) is 92.7 Å². The summed E-state index contributed by atoms with van der Waals surface area (Å²) < 4.78 is 20.3. The lowest BCUT2D eigenvalue weighted by Gasteiger charge is -2.58. The molecule has 4 saturated carbocycles. The third-order valence-electron chi connectivity index (χ3n) is 9.55. The zero-order valence-corrected chi connectivity index (χ0v) is 27.6. The quantitative estimate of drug-likeness (QED) is 0.275. The first kappa shape index (κ1) is 32.5. The number of benzene rings is 2. The first-order valence-electron chi connectivity index (χ1n) is 15.8. The van der Waals surface area contributed by atoms with Crippen molar-refractivity contribution in [1.82, 2.24) is 5.32 Å². The molecule has 6 nitrogen and oxygen atoms in total. The van der Waals surface area contributed by atoms with Gasteiger partial charge in [0.05, 0.1) is 0 Å². The van der Waals surface area contributed by atoms with Crippen molar-refractivity contribution < 1.29 is 28.6 Å². The fourth-order valence-corrected chi connectivity index (χ4v) is 9.13. The van der Waals surface area contributed by atoms with Gasteiger partial charge in [-0.3, -0.25) is 4.79 Å². The average Bonchev–Trinajstić information content (AvgIpc) is 2.90. The number of amides is 1. The Hall–Kier alpha value is -2.87. The average molecular weight is 624 g/mol. The number of ether oxygens (including phenoxy) is 1. The van der Waals surface area contributed by atoms with Crippen molar-refractivity contribution in [3.8, 4) is 0 Å². The number of thioether (sulfide) groups is 1. The van der Waals surface area contributed by atoms with Crippen LogP contribution < -0.4 is 5.32 Å². The van der Waals surface area contributed by atoms with Crippen LogP contribution in [0.2, 0.25) is 0 Å². The molecule has 0 radical (unpaired) electrons. The van der Waals surface area contributed by atoms with E-state index in [9.17, 15) is 19.5 Å². The van der Waals surface area contributed by atoms with E-state index in [1.165, 1.54) is 67.5 Å².